The Morgan fingerprint density at radius 3 is 2.00 bits per heavy atom. The van der Waals surface area contributed by atoms with E-state index in [0.717, 1.165) is 12.0 Å². The van der Waals surface area contributed by atoms with E-state index < -0.39 is 0 Å². The molecule has 0 aromatic heterocycles. The minimum atomic E-state index is 0.886. The largest absolute Gasteiger partial charge is 0.314 e. The van der Waals surface area contributed by atoms with Crippen LogP contribution < -0.4 is 5.32 Å². The first-order valence-electron chi connectivity index (χ1n) is 8.58. The van der Waals surface area contributed by atoms with Crippen molar-refractivity contribution in [1.82, 2.24) is 15.1 Å². The monoisotopic (exact) mass is 265 g/mol. The number of nitrogens with one attached hydrogen (secondary N) is 1. The van der Waals surface area contributed by atoms with Gasteiger partial charge in [0, 0.05) is 19.1 Å². The Morgan fingerprint density at radius 1 is 0.737 bits per heavy atom. The lowest BCUT2D eigenvalue weighted by molar-refractivity contribution is 0.145. The first kappa shape index (κ1) is 13.8. The average Bonchev–Trinajstić information content (AvgIpc) is 3.29. The van der Waals surface area contributed by atoms with Gasteiger partial charge in [0.25, 0.3) is 0 Å². The van der Waals surface area contributed by atoms with E-state index in [4.69, 9.17) is 0 Å². The highest BCUT2D eigenvalue weighted by molar-refractivity contribution is 4.83. The molecular weight excluding hydrogens is 234 g/mol. The van der Waals surface area contributed by atoms with Crippen LogP contribution in [0.4, 0.5) is 0 Å². The molecule has 2 heterocycles. The predicted molar refractivity (Wildman–Crippen MR) is 80.5 cm³/mol. The third kappa shape index (κ3) is 4.73. The van der Waals surface area contributed by atoms with Crippen molar-refractivity contribution >= 4 is 0 Å². The Bertz CT molecular complexity index is 251. The number of hydrogen-bond donors (Lipinski definition) is 1. The Morgan fingerprint density at radius 2 is 1.37 bits per heavy atom. The van der Waals surface area contributed by atoms with Gasteiger partial charge in [0.2, 0.25) is 0 Å². The highest BCUT2D eigenvalue weighted by Gasteiger charge is 2.24. The van der Waals surface area contributed by atoms with Crippen molar-refractivity contribution in [3.63, 3.8) is 0 Å². The predicted octanol–water partition coefficient (Wildman–Crippen LogP) is 1.94. The molecule has 2 aliphatic heterocycles. The van der Waals surface area contributed by atoms with Crippen LogP contribution in [0.5, 0.6) is 0 Å². The summed E-state index contributed by atoms with van der Waals surface area (Å²) in [5, 5.41) is 3.70. The van der Waals surface area contributed by atoms with Crippen LogP contribution in [-0.4, -0.2) is 61.7 Å². The molecule has 0 aromatic carbocycles. The molecule has 0 spiro atoms. The van der Waals surface area contributed by atoms with Crippen LogP contribution in [0, 0.1) is 5.92 Å². The highest BCUT2D eigenvalue weighted by Crippen LogP contribution is 2.21. The molecule has 3 rings (SSSR count). The molecular formula is C16H31N3. The molecule has 1 saturated carbocycles. The van der Waals surface area contributed by atoms with E-state index in [1.165, 1.54) is 90.8 Å². The standard InChI is InChI=1S/C16H31N3/c1-2-8-18(9-3-1)12-13-19-10-6-15(7-11-19)14-17-16-4-5-16/h15-17H,1-14H2. The normalized spacial score (nSPS) is 27.8. The fraction of sp³-hybridized carbons (Fsp3) is 1.00. The van der Waals surface area contributed by atoms with Crippen molar-refractivity contribution in [3.8, 4) is 0 Å². The Kier molecular flexibility index (Phi) is 5.14. The van der Waals surface area contributed by atoms with E-state index in [9.17, 15) is 0 Å². The van der Waals surface area contributed by atoms with Gasteiger partial charge in [0.05, 0.1) is 0 Å². The number of nitrogens with zero attached hydrogens (tertiary/aromatic N) is 2. The van der Waals surface area contributed by atoms with Gasteiger partial charge < -0.3 is 15.1 Å². The Hall–Kier alpha value is -0.120. The summed E-state index contributed by atoms with van der Waals surface area (Å²) >= 11 is 0. The fourth-order valence-electron chi connectivity index (χ4n) is 3.50. The van der Waals surface area contributed by atoms with Gasteiger partial charge in [-0.05, 0) is 77.2 Å². The van der Waals surface area contributed by atoms with Gasteiger partial charge in [0.15, 0.2) is 0 Å². The van der Waals surface area contributed by atoms with Crippen LogP contribution in [0.15, 0.2) is 0 Å². The summed E-state index contributed by atoms with van der Waals surface area (Å²) in [7, 11) is 0. The number of rotatable bonds is 6. The summed E-state index contributed by atoms with van der Waals surface area (Å²) in [6, 6.07) is 0.886. The molecule has 0 atom stereocenters. The zero-order chi connectivity index (χ0) is 12.9. The zero-order valence-electron chi connectivity index (χ0n) is 12.4. The van der Waals surface area contributed by atoms with Crippen LogP contribution in [-0.2, 0) is 0 Å². The summed E-state index contributed by atoms with van der Waals surface area (Å²) < 4.78 is 0. The van der Waals surface area contributed by atoms with Gasteiger partial charge >= 0.3 is 0 Å². The van der Waals surface area contributed by atoms with Crippen LogP contribution in [0.25, 0.3) is 0 Å². The third-order valence-corrected chi connectivity index (χ3v) is 5.16. The Labute approximate surface area is 118 Å². The SMILES string of the molecule is C1CCN(CCN2CCC(CNC3CC3)CC2)CC1. The molecule has 0 aromatic rings. The zero-order valence-corrected chi connectivity index (χ0v) is 12.4. The van der Waals surface area contributed by atoms with E-state index in [1.54, 1.807) is 0 Å². The molecule has 0 amide bonds. The van der Waals surface area contributed by atoms with E-state index in [-0.39, 0.29) is 0 Å². The maximum absolute atomic E-state index is 3.70. The van der Waals surface area contributed by atoms with Crippen LogP contribution in [0.3, 0.4) is 0 Å². The number of piperidine rings is 2. The minimum Gasteiger partial charge on any atom is -0.314 e. The lowest BCUT2D eigenvalue weighted by Gasteiger charge is -2.34. The molecule has 2 saturated heterocycles. The van der Waals surface area contributed by atoms with E-state index >= 15 is 0 Å². The summed E-state index contributed by atoms with van der Waals surface area (Å²) in [6.45, 7) is 9.28. The van der Waals surface area contributed by atoms with Crippen molar-refractivity contribution in [2.24, 2.45) is 5.92 Å². The van der Waals surface area contributed by atoms with Crippen molar-refractivity contribution in [2.45, 2.75) is 51.0 Å². The molecule has 3 heteroatoms. The first-order chi connectivity index (χ1) is 9.40. The summed E-state index contributed by atoms with van der Waals surface area (Å²) in [6.07, 6.45) is 9.99. The molecule has 19 heavy (non-hydrogen) atoms. The number of likely N-dealkylation sites (tertiary alicyclic amines) is 2. The molecule has 0 bridgehead atoms. The molecule has 3 nitrogen and oxygen atoms in total. The van der Waals surface area contributed by atoms with Crippen molar-refractivity contribution < 1.29 is 0 Å². The third-order valence-electron chi connectivity index (χ3n) is 5.16. The topological polar surface area (TPSA) is 18.5 Å². The fourth-order valence-corrected chi connectivity index (χ4v) is 3.50. The lowest BCUT2D eigenvalue weighted by Crippen LogP contribution is -2.42. The summed E-state index contributed by atoms with van der Waals surface area (Å²) in [4.78, 5) is 5.37. The van der Waals surface area contributed by atoms with Crippen molar-refractivity contribution in [2.75, 3.05) is 45.8 Å². The molecule has 110 valence electrons. The van der Waals surface area contributed by atoms with Crippen LogP contribution in [0.2, 0.25) is 0 Å². The molecule has 1 aliphatic carbocycles. The highest BCUT2D eigenvalue weighted by atomic mass is 15.2. The smallest absolute Gasteiger partial charge is 0.0109 e. The quantitative estimate of drug-likeness (QED) is 0.792. The maximum atomic E-state index is 3.70. The van der Waals surface area contributed by atoms with Crippen LogP contribution in [0.1, 0.15) is 44.9 Å². The average molecular weight is 265 g/mol. The second-order valence-electron chi connectivity index (χ2n) is 6.87. The second kappa shape index (κ2) is 7.05. The van der Waals surface area contributed by atoms with Gasteiger partial charge in [-0.2, -0.15) is 0 Å². The Balaban J connectivity index is 1.26. The van der Waals surface area contributed by atoms with E-state index in [2.05, 4.69) is 15.1 Å². The van der Waals surface area contributed by atoms with Gasteiger partial charge in [-0.15, -0.1) is 0 Å². The lowest BCUT2D eigenvalue weighted by atomic mass is 9.97. The van der Waals surface area contributed by atoms with Gasteiger partial charge in [0.1, 0.15) is 0 Å². The molecule has 3 fully saturated rings. The van der Waals surface area contributed by atoms with Crippen LogP contribution >= 0.6 is 0 Å². The van der Waals surface area contributed by atoms with E-state index in [0.29, 0.717) is 0 Å². The molecule has 1 N–H and O–H groups in total. The molecule has 3 aliphatic rings. The summed E-state index contributed by atoms with van der Waals surface area (Å²) in [5.74, 6) is 0.951. The van der Waals surface area contributed by atoms with Gasteiger partial charge in [-0.1, -0.05) is 6.42 Å². The van der Waals surface area contributed by atoms with Gasteiger partial charge in [-0.3, -0.25) is 0 Å². The van der Waals surface area contributed by atoms with Crippen molar-refractivity contribution in [3.05, 3.63) is 0 Å². The molecule has 0 unspecified atom stereocenters. The maximum Gasteiger partial charge on any atom is 0.0109 e. The molecule has 0 radical (unpaired) electrons. The minimum absolute atomic E-state index is 0.886. The number of hydrogen-bond acceptors (Lipinski definition) is 3. The second-order valence-corrected chi connectivity index (χ2v) is 6.87. The van der Waals surface area contributed by atoms with Crippen molar-refractivity contribution in [1.29, 1.82) is 0 Å². The first-order valence-corrected chi connectivity index (χ1v) is 8.58. The van der Waals surface area contributed by atoms with E-state index in [1.807, 2.05) is 0 Å². The summed E-state index contributed by atoms with van der Waals surface area (Å²) in [5.41, 5.74) is 0. The van der Waals surface area contributed by atoms with Gasteiger partial charge in [-0.25, -0.2) is 0 Å².